The zero-order chi connectivity index (χ0) is 13.6. The van der Waals surface area contributed by atoms with Gasteiger partial charge in [-0.15, -0.1) is 0 Å². The number of alkyl halides is 3. The predicted molar refractivity (Wildman–Crippen MR) is 54.3 cm³/mol. The molecule has 0 saturated heterocycles. The lowest BCUT2D eigenvalue weighted by Crippen LogP contribution is -2.42. The average Bonchev–Trinajstić information content (AvgIpc) is 2.09. The molecule has 0 aromatic rings. The SMILES string of the molecule is CC(C)CCC(=O)N(CC(=O)O)CC(F)(F)F. The van der Waals surface area contributed by atoms with Gasteiger partial charge in [-0.3, -0.25) is 9.59 Å². The molecule has 0 spiro atoms. The summed E-state index contributed by atoms with van der Waals surface area (Å²) in [6.45, 7) is 1.23. The molecule has 0 unspecified atom stereocenters. The number of hydrogen-bond donors (Lipinski definition) is 1. The highest BCUT2D eigenvalue weighted by Crippen LogP contribution is 2.17. The minimum atomic E-state index is -4.58. The van der Waals surface area contributed by atoms with Crippen LogP contribution in [0.1, 0.15) is 26.7 Å². The number of carboxylic acids is 1. The van der Waals surface area contributed by atoms with Crippen molar-refractivity contribution in [1.82, 2.24) is 4.90 Å². The first-order valence-electron chi connectivity index (χ1n) is 5.18. The largest absolute Gasteiger partial charge is 0.480 e. The van der Waals surface area contributed by atoms with Crippen molar-refractivity contribution in [1.29, 1.82) is 0 Å². The summed E-state index contributed by atoms with van der Waals surface area (Å²) in [5.74, 6) is -2.05. The number of amides is 1. The van der Waals surface area contributed by atoms with Crippen LogP contribution in [0.25, 0.3) is 0 Å². The number of halogens is 3. The van der Waals surface area contributed by atoms with Crippen LogP contribution in [0.15, 0.2) is 0 Å². The van der Waals surface area contributed by atoms with E-state index in [0.717, 1.165) is 0 Å². The zero-order valence-electron chi connectivity index (χ0n) is 9.75. The summed E-state index contributed by atoms with van der Waals surface area (Å²) >= 11 is 0. The van der Waals surface area contributed by atoms with Crippen molar-refractivity contribution >= 4 is 11.9 Å². The van der Waals surface area contributed by atoms with E-state index in [1.165, 1.54) is 0 Å². The normalized spacial score (nSPS) is 11.6. The second-order valence-electron chi connectivity index (χ2n) is 4.19. The van der Waals surface area contributed by atoms with Crippen molar-refractivity contribution in [3.63, 3.8) is 0 Å². The van der Waals surface area contributed by atoms with E-state index in [9.17, 15) is 22.8 Å². The van der Waals surface area contributed by atoms with Gasteiger partial charge in [0.1, 0.15) is 13.1 Å². The molecule has 7 heteroatoms. The van der Waals surface area contributed by atoms with Gasteiger partial charge in [-0.1, -0.05) is 13.8 Å². The Morgan fingerprint density at radius 2 is 1.82 bits per heavy atom. The lowest BCUT2D eigenvalue weighted by molar-refractivity contribution is -0.165. The van der Waals surface area contributed by atoms with Gasteiger partial charge in [-0.2, -0.15) is 13.2 Å². The van der Waals surface area contributed by atoms with E-state index in [4.69, 9.17) is 5.11 Å². The number of hydrogen-bond acceptors (Lipinski definition) is 2. The van der Waals surface area contributed by atoms with Crippen LogP contribution in [0.4, 0.5) is 13.2 Å². The fourth-order valence-electron chi connectivity index (χ4n) is 1.18. The number of nitrogens with zero attached hydrogens (tertiary/aromatic N) is 1. The Balaban J connectivity index is 4.45. The molecule has 0 aromatic carbocycles. The molecule has 0 heterocycles. The summed E-state index contributed by atoms with van der Waals surface area (Å²) in [7, 11) is 0. The molecule has 0 atom stereocenters. The van der Waals surface area contributed by atoms with Gasteiger partial charge in [0.2, 0.25) is 5.91 Å². The first-order valence-corrected chi connectivity index (χ1v) is 5.18. The van der Waals surface area contributed by atoms with E-state index < -0.39 is 31.1 Å². The van der Waals surface area contributed by atoms with Gasteiger partial charge in [0.25, 0.3) is 0 Å². The molecule has 4 nitrogen and oxygen atoms in total. The van der Waals surface area contributed by atoms with Crippen molar-refractivity contribution in [2.75, 3.05) is 13.1 Å². The lowest BCUT2D eigenvalue weighted by Gasteiger charge is -2.22. The third-order valence-corrected chi connectivity index (χ3v) is 1.98. The Bertz CT molecular complexity index is 276. The topological polar surface area (TPSA) is 57.6 Å². The fourth-order valence-corrected chi connectivity index (χ4v) is 1.18. The third kappa shape index (κ3) is 8.53. The summed E-state index contributed by atoms with van der Waals surface area (Å²) in [6, 6.07) is 0. The molecular formula is C10H16F3NO3. The maximum absolute atomic E-state index is 12.1. The fraction of sp³-hybridized carbons (Fsp3) is 0.800. The Hall–Kier alpha value is -1.27. The van der Waals surface area contributed by atoms with Crippen molar-refractivity contribution < 1.29 is 27.9 Å². The molecule has 17 heavy (non-hydrogen) atoms. The molecule has 0 aliphatic rings. The third-order valence-electron chi connectivity index (χ3n) is 1.98. The number of carbonyl (C=O) groups is 2. The molecule has 0 rings (SSSR count). The molecule has 0 aliphatic carbocycles. The van der Waals surface area contributed by atoms with Crippen LogP contribution in [0, 0.1) is 5.92 Å². The summed E-state index contributed by atoms with van der Waals surface area (Å²) in [6.07, 6.45) is -4.21. The second-order valence-corrected chi connectivity index (χ2v) is 4.19. The summed E-state index contributed by atoms with van der Waals surface area (Å²) in [4.78, 5) is 22.1. The Labute approximate surface area is 97.4 Å². The van der Waals surface area contributed by atoms with E-state index in [-0.39, 0.29) is 12.3 Å². The van der Waals surface area contributed by atoms with Gasteiger partial charge in [0.05, 0.1) is 0 Å². The summed E-state index contributed by atoms with van der Waals surface area (Å²) in [5, 5.41) is 8.45. The van der Waals surface area contributed by atoms with E-state index in [2.05, 4.69) is 0 Å². The van der Waals surface area contributed by atoms with Crippen LogP contribution in [0.5, 0.6) is 0 Å². The maximum Gasteiger partial charge on any atom is 0.406 e. The van der Waals surface area contributed by atoms with Crippen LogP contribution in [0.2, 0.25) is 0 Å². The highest BCUT2D eigenvalue weighted by molar-refractivity contribution is 5.81. The van der Waals surface area contributed by atoms with Gasteiger partial charge < -0.3 is 10.0 Å². The standard InChI is InChI=1S/C10H16F3NO3/c1-7(2)3-4-8(15)14(5-9(16)17)6-10(11,12)13/h7H,3-6H2,1-2H3,(H,16,17). The molecule has 0 radical (unpaired) electrons. The summed E-state index contributed by atoms with van der Waals surface area (Å²) < 4.78 is 36.4. The van der Waals surface area contributed by atoms with Gasteiger partial charge >= 0.3 is 12.1 Å². The molecular weight excluding hydrogens is 239 g/mol. The van der Waals surface area contributed by atoms with Crippen molar-refractivity contribution in [2.45, 2.75) is 32.9 Å². The number of aliphatic carboxylic acids is 1. The molecule has 1 amide bonds. The minimum Gasteiger partial charge on any atom is -0.480 e. The summed E-state index contributed by atoms with van der Waals surface area (Å²) in [5.41, 5.74) is 0. The molecule has 0 aliphatic heterocycles. The van der Waals surface area contributed by atoms with Crippen LogP contribution < -0.4 is 0 Å². The van der Waals surface area contributed by atoms with E-state index in [1.807, 2.05) is 13.8 Å². The van der Waals surface area contributed by atoms with Crippen LogP contribution in [0.3, 0.4) is 0 Å². The lowest BCUT2D eigenvalue weighted by atomic mass is 10.1. The van der Waals surface area contributed by atoms with Gasteiger partial charge in [0.15, 0.2) is 0 Å². The van der Waals surface area contributed by atoms with Crippen molar-refractivity contribution in [3.8, 4) is 0 Å². The minimum absolute atomic E-state index is 0.0684. The Morgan fingerprint density at radius 1 is 1.29 bits per heavy atom. The molecule has 0 bridgehead atoms. The van der Waals surface area contributed by atoms with E-state index in [1.54, 1.807) is 0 Å². The Kier molecular flexibility index (Phi) is 5.98. The molecule has 1 N–H and O–H groups in total. The van der Waals surface area contributed by atoms with E-state index >= 15 is 0 Å². The number of rotatable bonds is 6. The van der Waals surface area contributed by atoms with E-state index in [0.29, 0.717) is 11.3 Å². The monoisotopic (exact) mass is 255 g/mol. The predicted octanol–water partition coefficient (Wildman–Crippen LogP) is 1.90. The molecule has 0 fully saturated rings. The van der Waals surface area contributed by atoms with Gasteiger partial charge in [-0.05, 0) is 12.3 Å². The molecule has 100 valence electrons. The first-order chi connectivity index (χ1) is 7.61. The number of carbonyl (C=O) groups excluding carboxylic acids is 1. The van der Waals surface area contributed by atoms with Gasteiger partial charge in [0, 0.05) is 6.42 Å². The zero-order valence-corrected chi connectivity index (χ0v) is 9.75. The van der Waals surface area contributed by atoms with Crippen LogP contribution in [-0.2, 0) is 9.59 Å². The molecule has 0 aromatic heterocycles. The highest BCUT2D eigenvalue weighted by atomic mass is 19.4. The second kappa shape index (κ2) is 6.46. The average molecular weight is 255 g/mol. The molecule has 0 saturated carbocycles. The first kappa shape index (κ1) is 15.7. The van der Waals surface area contributed by atoms with Gasteiger partial charge in [-0.25, -0.2) is 0 Å². The highest BCUT2D eigenvalue weighted by Gasteiger charge is 2.33. The van der Waals surface area contributed by atoms with Crippen molar-refractivity contribution in [2.24, 2.45) is 5.92 Å². The maximum atomic E-state index is 12.1. The van der Waals surface area contributed by atoms with Crippen LogP contribution in [-0.4, -0.2) is 41.1 Å². The smallest absolute Gasteiger partial charge is 0.406 e. The Morgan fingerprint density at radius 3 is 2.18 bits per heavy atom. The van der Waals surface area contributed by atoms with Crippen LogP contribution >= 0.6 is 0 Å². The number of carboxylic acid groups (broad SMARTS) is 1. The quantitative estimate of drug-likeness (QED) is 0.788. The van der Waals surface area contributed by atoms with Crippen molar-refractivity contribution in [3.05, 3.63) is 0 Å².